The number of alkyl halides is 3. The molecule has 54 heavy (non-hydrogen) atoms. The molecule has 2 aliphatic carbocycles. The molecule has 2 saturated heterocycles. The van der Waals surface area contributed by atoms with Gasteiger partial charge in [-0.15, -0.1) is 0 Å². The first-order valence-corrected chi connectivity index (χ1v) is 17.7. The van der Waals surface area contributed by atoms with Crippen LogP contribution in [-0.4, -0.2) is 45.8 Å². The first-order chi connectivity index (χ1) is 25.8. The number of hydrogen-bond donors (Lipinski definition) is 2. The minimum absolute atomic E-state index is 0.0678. The van der Waals surface area contributed by atoms with E-state index in [1.807, 2.05) is 6.08 Å². The summed E-state index contributed by atoms with van der Waals surface area (Å²) < 4.78 is 45.7. The summed E-state index contributed by atoms with van der Waals surface area (Å²) in [5.41, 5.74) is 1.23. The van der Waals surface area contributed by atoms with Gasteiger partial charge >= 0.3 is 6.18 Å². The van der Waals surface area contributed by atoms with E-state index >= 15 is 4.79 Å². The van der Waals surface area contributed by atoms with Crippen molar-refractivity contribution in [3.8, 4) is 11.5 Å². The number of benzene rings is 3. The number of nitrogens with zero attached hydrogens (tertiary/aromatic N) is 3. The zero-order chi connectivity index (χ0) is 38.3. The molecular formula is C39H29Cl2F3N4O6. The number of fused-ring (bicyclic) bond motifs is 4. The highest BCUT2D eigenvalue weighted by Crippen LogP contribution is 2.65. The van der Waals surface area contributed by atoms with Gasteiger partial charge in [-0.05, 0) is 60.7 Å². The number of carbonyl (C=O) groups is 4. The highest BCUT2D eigenvalue weighted by Gasteiger charge is 2.70. The summed E-state index contributed by atoms with van der Waals surface area (Å²) >= 11 is 12.6. The number of aromatic nitrogens is 1. The molecule has 2 N–H and O–H groups in total. The summed E-state index contributed by atoms with van der Waals surface area (Å²) in [6.45, 7) is 0. The van der Waals surface area contributed by atoms with Gasteiger partial charge in [0.15, 0.2) is 5.82 Å². The molecule has 15 heteroatoms. The number of hydrogen-bond acceptors (Lipinski definition) is 8. The van der Waals surface area contributed by atoms with Gasteiger partial charge in [0.1, 0.15) is 11.5 Å². The lowest BCUT2D eigenvalue weighted by atomic mass is 9.49. The second kappa shape index (κ2) is 12.9. The van der Waals surface area contributed by atoms with Gasteiger partial charge < -0.3 is 9.84 Å². The van der Waals surface area contributed by atoms with Gasteiger partial charge in [-0.25, -0.2) is 4.98 Å². The fraction of sp³-hybridized carbons (Fsp3) is 0.256. The summed E-state index contributed by atoms with van der Waals surface area (Å²) in [6.07, 6.45) is -2.32. The number of pyridine rings is 1. The monoisotopic (exact) mass is 776 g/mol. The van der Waals surface area contributed by atoms with Crippen molar-refractivity contribution in [1.82, 2.24) is 9.99 Å². The summed E-state index contributed by atoms with van der Waals surface area (Å²) in [7, 11) is 1.42. The van der Waals surface area contributed by atoms with Crippen molar-refractivity contribution in [2.24, 2.45) is 23.7 Å². The number of hydrazine groups is 1. The van der Waals surface area contributed by atoms with Crippen LogP contribution in [0.3, 0.4) is 0 Å². The molecule has 276 valence electrons. The van der Waals surface area contributed by atoms with E-state index in [1.165, 1.54) is 18.1 Å². The molecule has 0 radical (unpaired) electrons. The van der Waals surface area contributed by atoms with Crippen molar-refractivity contribution in [2.45, 2.75) is 30.4 Å². The number of anilines is 2. The van der Waals surface area contributed by atoms with Gasteiger partial charge in [-0.1, -0.05) is 71.2 Å². The molecule has 8 rings (SSSR count). The topological polar surface area (TPSA) is 129 Å². The summed E-state index contributed by atoms with van der Waals surface area (Å²) in [6, 6.07) is 20.0. The van der Waals surface area contributed by atoms with Crippen LogP contribution in [0.4, 0.5) is 24.7 Å². The molecule has 6 atom stereocenters. The summed E-state index contributed by atoms with van der Waals surface area (Å²) in [5, 5.41) is 12.2. The Labute approximate surface area is 316 Å². The number of methoxy groups -OCH3 is 1. The molecule has 4 aliphatic rings. The quantitative estimate of drug-likeness (QED) is 0.154. The first-order valence-electron chi connectivity index (χ1n) is 16.9. The predicted molar refractivity (Wildman–Crippen MR) is 190 cm³/mol. The van der Waals surface area contributed by atoms with Crippen LogP contribution in [0, 0.1) is 23.7 Å². The molecule has 3 aromatic carbocycles. The Morgan fingerprint density at radius 1 is 0.926 bits per heavy atom. The van der Waals surface area contributed by atoms with E-state index in [9.17, 15) is 32.7 Å². The van der Waals surface area contributed by atoms with Crippen LogP contribution < -0.4 is 15.1 Å². The number of halogens is 5. The van der Waals surface area contributed by atoms with E-state index in [0.717, 1.165) is 0 Å². The molecule has 10 nitrogen and oxygen atoms in total. The van der Waals surface area contributed by atoms with Gasteiger partial charge in [-0.3, -0.25) is 29.5 Å². The minimum Gasteiger partial charge on any atom is -0.508 e. The van der Waals surface area contributed by atoms with Crippen molar-refractivity contribution in [3.05, 3.63) is 123 Å². The van der Waals surface area contributed by atoms with E-state index in [2.05, 4.69) is 10.4 Å². The van der Waals surface area contributed by atoms with Gasteiger partial charge in [0, 0.05) is 28.8 Å². The largest absolute Gasteiger partial charge is 0.508 e. The number of ether oxygens (including phenoxy) is 1. The first kappa shape index (κ1) is 35.6. The molecular weight excluding hydrogens is 748 g/mol. The van der Waals surface area contributed by atoms with Crippen molar-refractivity contribution in [2.75, 3.05) is 17.4 Å². The molecule has 1 saturated carbocycles. The number of nitrogens with one attached hydrogen (secondary N) is 1. The number of aromatic hydroxyl groups is 1. The molecule has 6 unspecified atom stereocenters. The average molecular weight is 778 g/mol. The Bertz CT molecular complexity index is 2270. The number of amides is 4. The van der Waals surface area contributed by atoms with Crippen molar-refractivity contribution in [3.63, 3.8) is 0 Å². The predicted octanol–water partition coefficient (Wildman–Crippen LogP) is 7.31. The lowest BCUT2D eigenvalue weighted by Crippen LogP contribution is -2.53. The van der Waals surface area contributed by atoms with Crippen LogP contribution in [0.25, 0.3) is 0 Å². The van der Waals surface area contributed by atoms with Gasteiger partial charge in [-0.2, -0.15) is 18.2 Å². The Morgan fingerprint density at radius 2 is 1.65 bits per heavy atom. The number of phenols is 1. The number of imide groups is 2. The summed E-state index contributed by atoms with van der Waals surface area (Å²) in [4.78, 5) is 63.3. The van der Waals surface area contributed by atoms with Gasteiger partial charge in [0.2, 0.25) is 11.8 Å². The van der Waals surface area contributed by atoms with Crippen LogP contribution >= 0.6 is 23.2 Å². The number of allylic oxidation sites excluding steroid dienone is 2. The van der Waals surface area contributed by atoms with E-state index in [-0.39, 0.29) is 35.9 Å². The minimum atomic E-state index is -4.76. The van der Waals surface area contributed by atoms with Crippen molar-refractivity contribution in [1.29, 1.82) is 0 Å². The normalized spacial score (nSPS) is 26.3. The zero-order valence-corrected chi connectivity index (χ0v) is 29.7. The van der Waals surface area contributed by atoms with Crippen LogP contribution in [-0.2, 0) is 30.8 Å². The van der Waals surface area contributed by atoms with Gasteiger partial charge in [0.05, 0.1) is 46.6 Å². The maximum Gasteiger partial charge on any atom is 0.417 e. The third kappa shape index (κ3) is 5.27. The SMILES string of the molecule is COc1ccc(C2C3=CCC4C(=O)N(c5ccccc5)C(=O)C4C3CC3C(=O)N(Nc4ncc(C(F)(F)F)cc4Cl)C(=O)C32c2ccc(Cl)cc2)c(O)c1. The lowest BCUT2D eigenvalue weighted by molar-refractivity contribution is -0.139. The highest BCUT2D eigenvalue weighted by molar-refractivity contribution is 6.33. The van der Waals surface area contributed by atoms with E-state index in [0.29, 0.717) is 44.9 Å². The molecule has 3 heterocycles. The van der Waals surface area contributed by atoms with Crippen molar-refractivity contribution >= 4 is 58.3 Å². The van der Waals surface area contributed by atoms with E-state index < -0.39 is 69.5 Å². The Balaban J connectivity index is 1.32. The Hall–Kier alpha value is -5.40. The van der Waals surface area contributed by atoms with Gasteiger partial charge in [0.25, 0.3) is 11.8 Å². The maximum absolute atomic E-state index is 15.3. The summed E-state index contributed by atoms with van der Waals surface area (Å²) in [5.74, 6) is -7.46. The molecule has 0 spiro atoms. The molecule has 4 amide bonds. The number of rotatable bonds is 6. The molecule has 0 bridgehead atoms. The van der Waals surface area contributed by atoms with Crippen LogP contribution in [0.2, 0.25) is 10.0 Å². The second-order valence-electron chi connectivity index (χ2n) is 13.7. The van der Waals surface area contributed by atoms with Crippen LogP contribution in [0.5, 0.6) is 11.5 Å². The van der Waals surface area contributed by atoms with Crippen molar-refractivity contribution < 1.29 is 42.2 Å². The third-order valence-corrected chi connectivity index (χ3v) is 11.7. The highest BCUT2D eigenvalue weighted by atomic mass is 35.5. The zero-order valence-electron chi connectivity index (χ0n) is 28.2. The Kier molecular flexibility index (Phi) is 8.49. The number of para-hydroxylation sites is 1. The molecule has 1 aromatic heterocycles. The molecule has 4 aromatic rings. The van der Waals surface area contributed by atoms with E-state index in [1.54, 1.807) is 66.7 Å². The second-order valence-corrected chi connectivity index (χ2v) is 14.5. The smallest absolute Gasteiger partial charge is 0.417 e. The number of phenolic OH excluding ortho intramolecular Hbond substituents is 1. The standard InChI is InChI=1S/C39H29Cl2F3N4O6/c1-54-23-11-12-25(30(49)16-23)32-24-13-14-26-31(36(52)47(34(26)50)22-5-3-2-4-6-22)27(24)17-28-35(51)48(37(53)38(28,32)19-7-9-21(40)10-8-19)46-33-29(41)15-20(18-45-33)39(42,43)44/h2-13,15-16,18,26-28,31-32,49H,14,17H2,1H3,(H,45,46). The number of carbonyl (C=O) groups excluding carboxylic acids is 4. The molecule has 2 aliphatic heterocycles. The lowest BCUT2D eigenvalue weighted by Gasteiger charge is -2.50. The maximum atomic E-state index is 15.3. The third-order valence-electron chi connectivity index (χ3n) is 11.1. The fourth-order valence-electron chi connectivity index (χ4n) is 8.85. The van der Waals surface area contributed by atoms with Crippen LogP contribution in [0.15, 0.2) is 96.7 Å². The fourth-order valence-corrected chi connectivity index (χ4v) is 9.19. The van der Waals surface area contributed by atoms with Crippen LogP contribution in [0.1, 0.15) is 35.4 Å². The Morgan fingerprint density at radius 3 is 2.30 bits per heavy atom. The van der Waals surface area contributed by atoms with E-state index in [4.69, 9.17) is 27.9 Å². The molecule has 3 fully saturated rings. The average Bonchev–Trinajstić information content (AvgIpc) is 3.53.